The van der Waals surface area contributed by atoms with Crippen molar-refractivity contribution in [3.8, 4) is 0 Å². The first-order valence-electron chi connectivity index (χ1n) is 5.20. The molecule has 2 heterocycles. The van der Waals surface area contributed by atoms with Gasteiger partial charge in [0.2, 0.25) is 5.28 Å². The zero-order valence-electron chi connectivity index (χ0n) is 9.45. The van der Waals surface area contributed by atoms with Crippen LogP contribution in [-0.2, 0) is 0 Å². The first-order chi connectivity index (χ1) is 7.60. The summed E-state index contributed by atoms with van der Waals surface area (Å²) in [6, 6.07) is 2.14. The Morgan fingerprint density at radius 2 is 2.25 bits per heavy atom. The van der Waals surface area contributed by atoms with Crippen LogP contribution in [0.1, 0.15) is 25.1 Å². The van der Waals surface area contributed by atoms with Crippen LogP contribution in [0.25, 0.3) is 10.2 Å². The van der Waals surface area contributed by atoms with Crippen LogP contribution in [0.3, 0.4) is 0 Å². The molecule has 2 aromatic rings. The molecule has 0 saturated heterocycles. The molecule has 0 aliphatic rings. The number of nitrogens with zero attached hydrogens (tertiary/aromatic N) is 2. The van der Waals surface area contributed by atoms with Crippen LogP contribution < -0.4 is 0 Å². The van der Waals surface area contributed by atoms with Crippen LogP contribution in [0.15, 0.2) is 11.1 Å². The number of aromatic nitrogens is 2. The molecule has 1 unspecified atom stereocenters. The smallest absolute Gasteiger partial charge is 0.211 e. The van der Waals surface area contributed by atoms with Gasteiger partial charge in [-0.15, -0.1) is 23.1 Å². The summed E-state index contributed by atoms with van der Waals surface area (Å²) in [6.45, 7) is 6.46. The fourth-order valence-corrected chi connectivity index (χ4v) is 3.54. The third-order valence-electron chi connectivity index (χ3n) is 2.34. The molecule has 5 heteroatoms. The zero-order chi connectivity index (χ0) is 11.7. The highest BCUT2D eigenvalue weighted by atomic mass is 35.5. The van der Waals surface area contributed by atoms with Crippen molar-refractivity contribution >= 4 is 44.9 Å². The minimum absolute atomic E-state index is 0.347. The summed E-state index contributed by atoms with van der Waals surface area (Å²) in [5, 5.41) is 3.04. The topological polar surface area (TPSA) is 25.8 Å². The minimum Gasteiger partial charge on any atom is -0.211 e. The van der Waals surface area contributed by atoms with E-state index in [1.807, 2.05) is 0 Å². The fourth-order valence-electron chi connectivity index (χ4n) is 1.35. The van der Waals surface area contributed by atoms with Gasteiger partial charge in [-0.2, -0.15) is 0 Å². The lowest BCUT2D eigenvalue weighted by Gasteiger charge is -2.07. The first kappa shape index (κ1) is 12.1. The minimum atomic E-state index is 0.347. The van der Waals surface area contributed by atoms with Crippen LogP contribution in [0, 0.1) is 6.92 Å². The molecule has 2 aromatic heterocycles. The number of fused-ring (bicyclic) bond motifs is 1. The SMILES string of the molecule is CCC(C)Sc1nc(Cl)nc2sc(C)cc12. The second-order valence-electron chi connectivity index (χ2n) is 3.71. The highest BCUT2D eigenvalue weighted by molar-refractivity contribution is 8.00. The van der Waals surface area contributed by atoms with Gasteiger partial charge in [0.25, 0.3) is 0 Å². The van der Waals surface area contributed by atoms with Crippen LogP contribution in [0.4, 0.5) is 0 Å². The molecule has 0 aromatic carbocycles. The number of thioether (sulfide) groups is 1. The van der Waals surface area contributed by atoms with E-state index in [9.17, 15) is 0 Å². The first-order valence-corrected chi connectivity index (χ1v) is 7.28. The molecule has 0 bridgehead atoms. The molecule has 1 atom stereocenters. The van der Waals surface area contributed by atoms with Crippen molar-refractivity contribution in [1.82, 2.24) is 9.97 Å². The predicted molar refractivity (Wildman–Crippen MR) is 72.8 cm³/mol. The van der Waals surface area contributed by atoms with Gasteiger partial charge in [-0.05, 0) is 31.0 Å². The third kappa shape index (κ3) is 2.50. The van der Waals surface area contributed by atoms with Gasteiger partial charge in [0.15, 0.2) is 0 Å². The third-order valence-corrected chi connectivity index (χ3v) is 4.72. The summed E-state index contributed by atoms with van der Waals surface area (Å²) in [6.07, 6.45) is 1.12. The molecular formula is C11H13ClN2S2. The lowest BCUT2D eigenvalue weighted by atomic mass is 10.4. The lowest BCUT2D eigenvalue weighted by molar-refractivity contribution is 0.902. The number of thiophene rings is 1. The van der Waals surface area contributed by atoms with Crippen molar-refractivity contribution in [2.45, 2.75) is 37.5 Å². The standard InChI is InChI=1S/C11H13ClN2S2/c1-4-6(2)15-9-8-5-7(3)16-10(8)14-11(12)13-9/h5-6H,4H2,1-3H3. The van der Waals surface area contributed by atoms with Crippen LogP contribution in [0.2, 0.25) is 5.28 Å². The van der Waals surface area contributed by atoms with Gasteiger partial charge in [-0.1, -0.05) is 13.8 Å². The van der Waals surface area contributed by atoms with E-state index in [4.69, 9.17) is 11.6 Å². The number of hydrogen-bond acceptors (Lipinski definition) is 4. The van der Waals surface area contributed by atoms with Crippen LogP contribution >= 0.6 is 34.7 Å². The van der Waals surface area contributed by atoms with Crippen molar-refractivity contribution in [2.24, 2.45) is 0 Å². The predicted octanol–water partition coefficient (Wildman–Crippen LogP) is 4.54. The molecule has 16 heavy (non-hydrogen) atoms. The summed E-state index contributed by atoms with van der Waals surface area (Å²) >= 11 is 9.37. The zero-order valence-corrected chi connectivity index (χ0v) is 11.8. The van der Waals surface area contributed by atoms with Crippen molar-refractivity contribution in [3.63, 3.8) is 0 Å². The van der Waals surface area contributed by atoms with Gasteiger partial charge in [-0.25, -0.2) is 9.97 Å². The Hall–Kier alpha value is -0.320. The fraction of sp³-hybridized carbons (Fsp3) is 0.455. The molecule has 0 radical (unpaired) electrons. The number of rotatable bonds is 3. The molecule has 0 aliphatic carbocycles. The Morgan fingerprint density at radius 1 is 1.50 bits per heavy atom. The molecule has 0 saturated carbocycles. The summed E-state index contributed by atoms with van der Waals surface area (Å²) in [5.41, 5.74) is 0. The Balaban J connectivity index is 2.49. The molecule has 86 valence electrons. The second-order valence-corrected chi connectivity index (χ2v) is 6.71. The molecule has 2 nitrogen and oxygen atoms in total. The van der Waals surface area contributed by atoms with E-state index in [1.165, 1.54) is 4.88 Å². The molecule has 0 spiro atoms. The highest BCUT2D eigenvalue weighted by Gasteiger charge is 2.12. The van der Waals surface area contributed by atoms with Gasteiger partial charge in [-0.3, -0.25) is 0 Å². The number of halogens is 1. The van der Waals surface area contributed by atoms with Crippen molar-refractivity contribution in [3.05, 3.63) is 16.2 Å². The van der Waals surface area contributed by atoms with E-state index in [1.54, 1.807) is 23.1 Å². The Morgan fingerprint density at radius 3 is 2.94 bits per heavy atom. The lowest BCUT2D eigenvalue weighted by Crippen LogP contribution is -1.95. The molecule has 0 amide bonds. The molecule has 0 aliphatic heterocycles. The largest absolute Gasteiger partial charge is 0.224 e. The average molecular weight is 273 g/mol. The maximum atomic E-state index is 5.93. The van der Waals surface area contributed by atoms with Crippen molar-refractivity contribution in [1.29, 1.82) is 0 Å². The Labute approximate surface area is 108 Å². The summed E-state index contributed by atoms with van der Waals surface area (Å²) in [7, 11) is 0. The average Bonchev–Trinajstić information content (AvgIpc) is 2.58. The summed E-state index contributed by atoms with van der Waals surface area (Å²) in [4.78, 5) is 10.8. The number of aryl methyl sites for hydroxylation is 1. The van der Waals surface area contributed by atoms with E-state index in [0.717, 1.165) is 21.7 Å². The van der Waals surface area contributed by atoms with Gasteiger partial charge >= 0.3 is 0 Å². The number of hydrogen-bond donors (Lipinski definition) is 0. The quantitative estimate of drug-likeness (QED) is 0.466. The Bertz CT molecular complexity index is 510. The maximum absolute atomic E-state index is 5.93. The van der Waals surface area contributed by atoms with E-state index in [0.29, 0.717) is 10.5 Å². The molecule has 0 fully saturated rings. The van der Waals surface area contributed by atoms with Gasteiger partial charge in [0.1, 0.15) is 9.86 Å². The van der Waals surface area contributed by atoms with E-state index in [2.05, 4.69) is 36.8 Å². The Kier molecular flexibility index (Phi) is 3.72. The van der Waals surface area contributed by atoms with Gasteiger partial charge in [0.05, 0.1) is 0 Å². The van der Waals surface area contributed by atoms with Crippen molar-refractivity contribution < 1.29 is 0 Å². The van der Waals surface area contributed by atoms with Crippen molar-refractivity contribution in [2.75, 3.05) is 0 Å². The molecule has 0 N–H and O–H groups in total. The van der Waals surface area contributed by atoms with E-state index in [-0.39, 0.29) is 0 Å². The van der Waals surface area contributed by atoms with E-state index < -0.39 is 0 Å². The maximum Gasteiger partial charge on any atom is 0.224 e. The molecule has 2 rings (SSSR count). The van der Waals surface area contributed by atoms with Crippen LogP contribution in [0.5, 0.6) is 0 Å². The highest BCUT2D eigenvalue weighted by Crippen LogP contribution is 2.34. The molecular weight excluding hydrogens is 260 g/mol. The van der Waals surface area contributed by atoms with Gasteiger partial charge < -0.3 is 0 Å². The summed E-state index contributed by atoms with van der Waals surface area (Å²) in [5.74, 6) is 0. The summed E-state index contributed by atoms with van der Waals surface area (Å²) < 4.78 is 0. The monoisotopic (exact) mass is 272 g/mol. The van der Waals surface area contributed by atoms with E-state index >= 15 is 0 Å². The second kappa shape index (κ2) is 4.90. The van der Waals surface area contributed by atoms with Crippen LogP contribution in [-0.4, -0.2) is 15.2 Å². The van der Waals surface area contributed by atoms with Gasteiger partial charge in [0, 0.05) is 15.5 Å². The normalized spacial score (nSPS) is 13.2.